The molecular weight excluding hydrogens is 337 g/mol. The molecule has 2 aromatic carbocycles. The number of fused-ring (bicyclic) bond motifs is 2. The number of halogens is 1. The molecule has 3 aromatic rings. The van der Waals surface area contributed by atoms with Gasteiger partial charge < -0.3 is 5.32 Å². The Labute approximate surface area is 158 Å². The van der Waals surface area contributed by atoms with E-state index >= 15 is 0 Å². The highest BCUT2D eigenvalue weighted by atomic mass is 19.1. The fourth-order valence-electron chi connectivity index (χ4n) is 4.56. The molecule has 0 radical (unpaired) electrons. The molecule has 27 heavy (non-hydrogen) atoms. The molecule has 2 aliphatic rings. The summed E-state index contributed by atoms with van der Waals surface area (Å²) in [5.41, 5.74) is 6.30. The molecule has 2 heterocycles. The molecule has 1 aliphatic carbocycles. The van der Waals surface area contributed by atoms with Crippen molar-refractivity contribution in [3.63, 3.8) is 0 Å². The summed E-state index contributed by atoms with van der Waals surface area (Å²) >= 11 is 0. The third-order valence-electron chi connectivity index (χ3n) is 5.90. The summed E-state index contributed by atoms with van der Waals surface area (Å²) in [6.07, 6.45) is 7.39. The number of rotatable bonds is 3. The molecular formula is C23H22FN3. The van der Waals surface area contributed by atoms with Crippen molar-refractivity contribution in [3.8, 4) is 5.69 Å². The number of hydrogen-bond donors (Lipinski definition) is 1. The quantitative estimate of drug-likeness (QED) is 0.761. The molecule has 0 spiro atoms. The van der Waals surface area contributed by atoms with Gasteiger partial charge in [-0.2, -0.15) is 5.10 Å². The normalized spacial score (nSPS) is 21.3. The zero-order valence-corrected chi connectivity index (χ0v) is 15.2. The molecule has 1 aromatic heterocycles. The molecule has 3 nitrogen and oxygen atoms in total. The van der Waals surface area contributed by atoms with Gasteiger partial charge in [0.25, 0.3) is 0 Å². The van der Waals surface area contributed by atoms with E-state index in [1.807, 2.05) is 10.9 Å². The molecule has 136 valence electrons. The minimum Gasteiger partial charge on any atom is -0.316 e. The second-order valence-corrected chi connectivity index (χ2v) is 7.66. The van der Waals surface area contributed by atoms with Gasteiger partial charge in [0.15, 0.2) is 0 Å². The highest BCUT2D eigenvalue weighted by Crippen LogP contribution is 2.44. The van der Waals surface area contributed by atoms with Crippen LogP contribution in [0.4, 0.5) is 4.39 Å². The zero-order valence-electron chi connectivity index (χ0n) is 15.2. The number of benzene rings is 2. The molecule has 0 saturated carbocycles. The number of nitrogens with zero attached hydrogens (tertiary/aromatic N) is 2. The van der Waals surface area contributed by atoms with E-state index in [-0.39, 0.29) is 11.2 Å². The summed E-state index contributed by atoms with van der Waals surface area (Å²) in [6.45, 7) is 2.01. The predicted octanol–water partition coefficient (Wildman–Crippen LogP) is 4.17. The minimum absolute atomic E-state index is 0.114. The van der Waals surface area contributed by atoms with Crippen LogP contribution in [0.5, 0.6) is 0 Å². The molecule has 1 N–H and O–H groups in total. The van der Waals surface area contributed by atoms with Crippen molar-refractivity contribution in [3.05, 3.63) is 89.0 Å². The first-order valence-electron chi connectivity index (χ1n) is 9.52. The Morgan fingerprint density at radius 2 is 1.89 bits per heavy atom. The molecule has 1 fully saturated rings. The Balaban J connectivity index is 1.55. The Hall–Kier alpha value is -2.72. The average molecular weight is 359 g/mol. The maximum absolute atomic E-state index is 13.3. The summed E-state index contributed by atoms with van der Waals surface area (Å²) in [5, 5.41) is 8.23. The van der Waals surface area contributed by atoms with Gasteiger partial charge in [-0.25, -0.2) is 9.07 Å². The van der Waals surface area contributed by atoms with Gasteiger partial charge in [-0.15, -0.1) is 0 Å². The molecule has 1 atom stereocenters. The Morgan fingerprint density at radius 3 is 2.70 bits per heavy atom. The maximum atomic E-state index is 13.3. The van der Waals surface area contributed by atoms with Crippen LogP contribution in [0.15, 0.2) is 66.4 Å². The Morgan fingerprint density at radius 1 is 1.07 bits per heavy atom. The van der Waals surface area contributed by atoms with Crippen LogP contribution in [0.1, 0.15) is 23.2 Å². The van der Waals surface area contributed by atoms with Crippen molar-refractivity contribution in [2.24, 2.45) is 5.41 Å². The summed E-state index contributed by atoms with van der Waals surface area (Å²) in [6, 6.07) is 17.3. The van der Waals surface area contributed by atoms with Crippen molar-refractivity contribution in [2.75, 3.05) is 13.1 Å². The van der Waals surface area contributed by atoms with E-state index in [1.165, 1.54) is 28.8 Å². The first-order chi connectivity index (χ1) is 13.2. The van der Waals surface area contributed by atoms with Gasteiger partial charge in [0.1, 0.15) is 5.82 Å². The zero-order chi connectivity index (χ0) is 18.3. The highest BCUT2D eigenvalue weighted by Gasteiger charge is 2.40. The lowest BCUT2D eigenvalue weighted by atomic mass is 9.66. The lowest BCUT2D eigenvalue weighted by Gasteiger charge is -2.43. The smallest absolute Gasteiger partial charge is 0.123 e. The number of hydrogen-bond acceptors (Lipinski definition) is 2. The minimum atomic E-state index is -0.224. The van der Waals surface area contributed by atoms with Gasteiger partial charge in [0.05, 0.1) is 17.6 Å². The Kier molecular flexibility index (Phi) is 3.94. The molecule has 1 saturated heterocycles. The first-order valence-corrected chi connectivity index (χ1v) is 9.52. The molecule has 0 amide bonds. The van der Waals surface area contributed by atoms with Crippen LogP contribution in [-0.4, -0.2) is 22.9 Å². The van der Waals surface area contributed by atoms with Gasteiger partial charge in [0.2, 0.25) is 0 Å². The van der Waals surface area contributed by atoms with E-state index in [2.05, 4.69) is 46.8 Å². The molecule has 5 rings (SSSR count). The third kappa shape index (κ3) is 2.90. The van der Waals surface area contributed by atoms with E-state index in [1.54, 1.807) is 12.1 Å². The molecule has 0 bridgehead atoms. The number of piperidine rings is 1. The second kappa shape index (κ2) is 6.46. The lowest BCUT2D eigenvalue weighted by molar-refractivity contribution is 0.286. The van der Waals surface area contributed by atoms with Crippen molar-refractivity contribution >= 4 is 6.08 Å². The predicted molar refractivity (Wildman–Crippen MR) is 105 cm³/mol. The largest absolute Gasteiger partial charge is 0.316 e. The maximum Gasteiger partial charge on any atom is 0.123 e. The van der Waals surface area contributed by atoms with Crippen molar-refractivity contribution < 1.29 is 4.39 Å². The Bertz CT molecular complexity index is 988. The van der Waals surface area contributed by atoms with Crippen LogP contribution in [0, 0.1) is 11.2 Å². The fourth-order valence-corrected chi connectivity index (χ4v) is 4.56. The van der Waals surface area contributed by atoms with Crippen LogP contribution >= 0.6 is 0 Å². The number of nitrogens with one attached hydrogen (secondary N) is 1. The van der Waals surface area contributed by atoms with E-state index in [4.69, 9.17) is 0 Å². The molecule has 1 aliphatic heterocycles. The van der Waals surface area contributed by atoms with Crippen LogP contribution in [0.3, 0.4) is 0 Å². The average Bonchev–Trinajstić information content (AvgIpc) is 3.09. The van der Waals surface area contributed by atoms with Gasteiger partial charge >= 0.3 is 0 Å². The monoisotopic (exact) mass is 359 g/mol. The molecule has 1 unspecified atom stereocenters. The van der Waals surface area contributed by atoms with Crippen molar-refractivity contribution in [1.82, 2.24) is 15.1 Å². The molecule has 4 heteroatoms. The lowest BCUT2D eigenvalue weighted by Crippen LogP contribution is -2.46. The summed E-state index contributed by atoms with van der Waals surface area (Å²) < 4.78 is 15.2. The SMILES string of the molecule is Fc1ccc(-n2ncc3c2C=C2CCNCC2(Cc2ccccc2)C3)cc1. The summed E-state index contributed by atoms with van der Waals surface area (Å²) in [5.74, 6) is -0.224. The van der Waals surface area contributed by atoms with Gasteiger partial charge in [-0.1, -0.05) is 35.9 Å². The van der Waals surface area contributed by atoms with Crippen LogP contribution in [0.25, 0.3) is 11.8 Å². The van der Waals surface area contributed by atoms with Crippen LogP contribution in [0.2, 0.25) is 0 Å². The topological polar surface area (TPSA) is 29.9 Å². The first kappa shape index (κ1) is 16.5. The standard InChI is InChI=1S/C23H22FN3/c24-20-6-8-21(9-7-20)27-22-12-19-10-11-25-16-23(19,14-18(22)15-26-27)13-17-4-2-1-3-5-17/h1-9,12,15,25H,10-11,13-14,16H2. The van der Waals surface area contributed by atoms with E-state index in [0.717, 1.165) is 43.7 Å². The van der Waals surface area contributed by atoms with E-state index in [9.17, 15) is 4.39 Å². The van der Waals surface area contributed by atoms with Crippen molar-refractivity contribution in [2.45, 2.75) is 19.3 Å². The van der Waals surface area contributed by atoms with E-state index in [0.29, 0.717) is 0 Å². The van der Waals surface area contributed by atoms with Gasteiger partial charge in [-0.05, 0) is 67.3 Å². The number of aromatic nitrogens is 2. The summed E-state index contributed by atoms with van der Waals surface area (Å²) in [4.78, 5) is 0. The van der Waals surface area contributed by atoms with Gasteiger partial charge in [-0.3, -0.25) is 0 Å². The fraction of sp³-hybridized carbons (Fsp3) is 0.261. The van der Waals surface area contributed by atoms with Gasteiger partial charge in [0, 0.05) is 12.0 Å². The highest BCUT2D eigenvalue weighted by molar-refractivity contribution is 5.61. The van der Waals surface area contributed by atoms with Crippen LogP contribution < -0.4 is 5.32 Å². The van der Waals surface area contributed by atoms with Crippen molar-refractivity contribution in [1.29, 1.82) is 0 Å². The summed E-state index contributed by atoms with van der Waals surface area (Å²) in [7, 11) is 0. The second-order valence-electron chi connectivity index (χ2n) is 7.66. The van der Waals surface area contributed by atoms with Crippen LogP contribution in [-0.2, 0) is 12.8 Å². The third-order valence-corrected chi connectivity index (χ3v) is 5.90. The van der Waals surface area contributed by atoms with E-state index < -0.39 is 0 Å².